The van der Waals surface area contributed by atoms with Gasteiger partial charge in [-0.15, -0.1) is 0 Å². The van der Waals surface area contributed by atoms with Crippen LogP contribution in [0, 0.1) is 5.82 Å². The van der Waals surface area contributed by atoms with Crippen LogP contribution in [0.1, 0.15) is 21.6 Å². The van der Waals surface area contributed by atoms with Crippen molar-refractivity contribution in [2.75, 3.05) is 6.54 Å². The summed E-state index contributed by atoms with van der Waals surface area (Å²) in [7, 11) is 0. The van der Waals surface area contributed by atoms with Crippen LogP contribution in [0.3, 0.4) is 0 Å². The minimum absolute atomic E-state index is 0.111. The maximum atomic E-state index is 13.8. The summed E-state index contributed by atoms with van der Waals surface area (Å²) in [5.41, 5.74) is 1.98. The number of hydrogen-bond donors (Lipinski definition) is 1. The highest BCUT2D eigenvalue weighted by Crippen LogP contribution is 2.22. The zero-order chi connectivity index (χ0) is 13.4. The molecule has 4 nitrogen and oxygen atoms in total. The Morgan fingerprint density at radius 1 is 1.47 bits per heavy atom. The van der Waals surface area contributed by atoms with E-state index in [0.717, 1.165) is 5.69 Å². The fourth-order valence-corrected chi connectivity index (χ4v) is 2.69. The highest BCUT2D eigenvalue weighted by Gasteiger charge is 2.22. The van der Waals surface area contributed by atoms with Crippen molar-refractivity contribution in [2.24, 2.45) is 0 Å². The summed E-state index contributed by atoms with van der Waals surface area (Å²) in [6.07, 6.45) is 2.26. The van der Waals surface area contributed by atoms with E-state index in [0.29, 0.717) is 35.1 Å². The smallest absolute Gasteiger partial charge is 0.254 e. The molecular weight excluding hydrogens is 313 g/mol. The second-order valence-electron chi connectivity index (χ2n) is 4.37. The molecule has 1 aliphatic rings. The Bertz CT molecular complexity index is 633. The molecule has 98 valence electrons. The molecule has 3 rings (SSSR count). The molecule has 0 aliphatic carbocycles. The third-order valence-electron chi connectivity index (χ3n) is 3.21. The molecule has 6 heteroatoms. The third kappa shape index (κ3) is 2.16. The van der Waals surface area contributed by atoms with E-state index in [9.17, 15) is 9.18 Å². The molecule has 2 aromatic rings. The molecule has 0 unspecified atom stereocenters. The van der Waals surface area contributed by atoms with E-state index in [4.69, 9.17) is 0 Å². The summed E-state index contributed by atoms with van der Waals surface area (Å²) < 4.78 is 16.2. The van der Waals surface area contributed by atoms with Crippen LogP contribution in [0.4, 0.5) is 4.39 Å². The van der Waals surface area contributed by atoms with Crippen LogP contribution in [-0.2, 0) is 13.0 Å². The minimum Gasteiger partial charge on any atom is -0.352 e. The Hall–Kier alpha value is -1.69. The molecule has 0 radical (unpaired) electrons. The van der Waals surface area contributed by atoms with E-state index >= 15 is 0 Å². The quantitative estimate of drug-likeness (QED) is 0.920. The average Bonchev–Trinajstić information content (AvgIpc) is 2.79. The highest BCUT2D eigenvalue weighted by molar-refractivity contribution is 9.10. The number of amides is 1. The number of nitrogens with zero attached hydrogens (tertiary/aromatic N) is 2. The third-order valence-corrected chi connectivity index (χ3v) is 3.95. The van der Waals surface area contributed by atoms with Crippen molar-refractivity contribution in [2.45, 2.75) is 13.0 Å². The standard InChI is InChI=1S/C13H11BrFN3O/c14-10-2-1-3-11(15)9(10)7-18-12-4-5-16-13(19)8(12)6-17-18/h1-3,6H,4-5,7H2,(H,16,19). The lowest BCUT2D eigenvalue weighted by Crippen LogP contribution is -2.32. The Labute approximate surface area is 117 Å². The molecule has 1 aliphatic heterocycles. The normalized spacial score (nSPS) is 14.1. The first-order valence-electron chi connectivity index (χ1n) is 5.92. The van der Waals surface area contributed by atoms with E-state index in [1.54, 1.807) is 23.0 Å². The van der Waals surface area contributed by atoms with E-state index in [1.165, 1.54) is 6.07 Å². The maximum Gasteiger partial charge on any atom is 0.254 e. The Kier molecular flexibility index (Phi) is 3.10. The highest BCUT2D eigenvalue weighted by atomic mass is 79.9. The van der Waals surface area contributed by atoms with Gasteiger partial charge in [-0.25, -0.2) is 4.39 Å². The van der Waals surface area contributed by atoms with Crippen LogP contribution in [0.15, 0.2) is 28.9 Å². The molecule has 1 amide bonds. The van der Waals surface area contributed by atoms with Gasteiger partial charge in [0, 0.05) is 23.0 Å². The molecule has 0 atom stereocenters. The Morgan fingerprint density at radius 3 is 3.11 bits per heavy atom. The average molecular weight is 324 g/mol. The van der Waals surface area contributed by atoms with E-state index in [2.05, 4.69) is 26.3 Å². The number of nitrogens with one attached hydrogen (secondary N) is 1. The fourth-order valence-electron chi connectivity index (χ4n) is 2.22. The summed E-state index contributed by atoms with van der Waals surface area (Å²) in [5, 5.41) is 6.96. The lowest BCUT2D eigenvalue weighted by atomic mass is 10.1. The zero-order valence-electron chi connectivity index (χ0n) is 9.99. The van der Waals surface area contributed by atoms with Gasteiger partial charge in [-0.1, -0.05) is 22.0 Å². The summed E-state index contributed by atoms with van der Waals surface area (Å²) in [6, 6.07) is 4.86. The lowest BCUT2D eigenvalue weighted by molar-refractivity contribution is 0.0945. The first-order valence-corrected chi connectivity index (χ1v) is 6.72. The predicted octanol–water partition coefficient (Wildman–Crippen LogP) is 2.12. The summed E-state index contributed by atoms with van der Waals surface area (Å²) in [5.74, 6) is -0.390. The molecule has 0 saturated heterocycles. The largest absolute Gasteiger partial charge is 0.352 e. The van der Waals surface area contributed by atoms with Gasteiger partial charge in [-0.3, -0.25) is 9.48 Å². The molecule has 0 saturated carbocycles. The molecule has 0 bridgehead atoms. The summed E-state index contributed by atoms with van der Waals surface area (Å²) in [4.78, 5) is 11.6. The number of rotatable bonds is 2. The number of hydrogen-bond acceptors (Lipinski definition) is 2. The number of carbonyl (C=O) groups is 1. The predicted molar refractivity (Wildman–Crippen MR) is 71.5 cm³/mol. The van der Waals surface area contributed by atoms with Crippen molar-refractivity contribution >= 4 is 21.8 Å². The molecule has 1 aromatic carbocycles. The Morgan fingerprint density at radius 2 is 2.32 bits per heavy atom. The van der Waals surface area contributed by atoms with Crippen LogP contribution in [0.25, 0.3) is 0 Å². The van der Waals surface area contributed by atoms with Crippen molar-refractivity contribution in [3.8, 4) is 0 Å². The number of aromatic nitrogens is 2. The van der Waals surface area contributed by atoms with Gasteiger partial charge in [-0.05, 0) is 12.1 Å². The topological polar surface area (TPSA) is 46.9 Å². The van der Waals surface area contributed by atoms with Crippen LogP contribution < -0.4 is 5.32 Å². The number of fused-ring (bicyclic) bond motifs is 1. The number of halogens is 2. The first-order chi connectivity index (χ1) is 9.16. The lowest BCUT2D eigenvalue weighted by Gasteiger charge is -2.15. The van der Waals surface area contributed by atoms with Gasteiger partial charge in [0.25, 0.3) is 5.91 Å². The number of benzene rings is 1. The minimum atomic E-state index is -0.279. The van der Waals surface area contributed by atoms with Crippen molar-refractivity contribution in [3.63, 3.8) is 0 Å². The van der Waals surface area contributed by atoms with E-state index in [-0.39, 0.29) is 11.7 Å². The van der Waals surface area contributed by atoms with E-state index < -0.39 is 0 Å². The SMILES string of the molecule is O=C1NCCc2c1cnn2Cc1c(F)cccc1Br. The van der Waals surface area contributed by atoms with Crippen molar-refractivity contribution in [3.05, 3.63) is 51.5 Å². The Balaban J connectivity index is 1.99. The van der Waals surface area contributed by atoms with Crippen LogP contribution in [0.5, 0.6) is 0 Å². The first kappa shape index (κ1) is 12.3. The summed E-state index contributed by atoms with van der Waals surface area (Å²) >= 11 is 3.34. The monoisotopic (exact) mass is 323 g/mol. The zero-order valence-corrected chi connectivity index (χ0v) is 11.6. The van der Waals surface area contributed by atoms with Crippen LogP contribution in [-0.4, -0.2) is 22.2 Å². The summed E-state index contributed by atoms with van der Waals surface area (Å²) in [6.45, 7) is 0.909. The molecule has 1 N–H and O–H groups in total. The van der Waals surface area contributed by atoms with Gasteiger partial charge in [0.05, 0.1) is 24.0 Å². The van der Waals surface area contributed by atoms with E-state index in [1.807, 2.05) is 0 Å². The molecular formula is C13H11BrFN3O. The second kappa shape index (κ2) is 4.77. The molecule has 0 fully saturated rings. The van der Waals surface area contributed by atoms with Crippen LogP contribution in [0.2, 0.25) is 0 Å². The molecule has 19 heavy (non-hydrogen) atoms. The van der Waals surface area contributed by atoms with Crippen molar-refractivity contribution < 1.29 is 9.18 Å². The molecule has 0 spiro atoms. The van der Waals surface area contributed by atoms with Gasteiger partial charge in [-0.2, -0.15) is 5.10 Å². The van der Waals surface area contributed by atoms with Gasteiger partial charge in [0.1, 0.15) is 5.82 Å². The maximum absolute atomic E-state index is 13.8. The number of carbonyl (C=O) groups excluding carboxylic acids is 1. The van der Waals surface area contributed by atoms with Gasteiger partial charge in [0.15, 0.2) is 0 Å². The van der Waals surface area contributed by atoms with Gasteiger partial charge in [0.2, 0.25) is 0 Å². The molecule has 2 heterocycles. The van der Waals surface area contributed by atoms with Gasteiger partial charge >= 0.3 is 0 Å². The van der Waals surface area contributed by atoms with Gasteiger partial charge < -0.3 is 5.32 Å². The van der Waals surface area contributed by atoms with Crippen molar-refractivity contribution in [1.82, 2.24) is 15.1 Å². The second-order valence-corrected chi connectivity index (χ2v) is 5.22. The fraction of sp³-hybridized carbons (Fsp3) is 0.231. The van der Waals surface area contributed by atoms with Crippen LogP contribution >= 0.6 is 15.9 Å². The van der Waals surface area contributed by atoms with Crippen molar-refractivity contribution in [1.29, 1.82) is 0 Å². The molecule has 1 aromatic heterocycles.